The van der Waals surface area contributed by atoms with E-state index in [1.807, 2.05) is 12.1 Å². The number of ether oxygens (including phenoxy) is 1. The van der Waals surface area contributed by atoms with Gasteiger partial charge in [-0.3, -0.25) is 10.3 Å². The molecule has 3 N–H and O–H groups in total. The molecular formula is C20H17BrF3N4O2+. The van der Waals surface area contributed by atoms with Gasteiger partial charge in [0.15, 0.2) is 0 Å². The molecule has 1 amide bonds. The molecule has 0 spiro atoms. The van der Waals surface area contributed by atoms with Crippen LogP contribution in [0.15, 0.2) is 65.4 Å². The number of rotatable bonds is 5. The SMILES string of the molecule is Nc1ccc(-c2ccc(OC(F)(F)F)cc2)c[n+]1C(=O)NCCc1cc(Br)ccn1. The molecule has 0 saturated heterocycles. The lowest BCUT2D eigenvalue weighted by Gasteiger charge is -2.10. The number of aromatic nitrogens is 2. The standard InChI is InChI=1S/C20H16BrF3N4O2/c21-15-7-9-26-16(11-15)8-10-27-19(29)28-12-14(3-6-18(28)25)13-1-4-17(5-2-13)30-20(22,23)24/h1-7,9,11-12,25H,8,10H2,(H,27,29)/p+1. The normalized spacial score (nSPS) is 11.2. The highest BCUT2D eigenvalue weighted by Crippen LogP contribution is 2.26. The number of nitrogens with one attached hydrogen (secondary N) is 1. The number of benzene rings is 1. The van der Waals surface area contributed by atoms with Gasteiger partial charge in [0.2, 0.25) is 5.82 Å². The largest absolute Gasteiger partial charge is 0.573 e. The second-order valence-corrected chi connectivity index (χ2v) is 7.15. The zero-order chi connectivity index (χ0) is 21.7. The summed E-state index contributed by atoms with van der Waals surface area (Å²) in [5, 5.41) is 2.76. The zero-order valence-corrected chi connectivity index (χ0v) is 17.1. The van der Waals surface area contributed by atoms with Gasteiger partial charge in [-0.1, -0.05) is 28.1 Å². The van der Waals surface area contributed by atoms with E-state index in [-0.39, 0.29) is 11.6 Å². The van der Waals surface area contributed by atoms with E-state index in [2.05, 4.69) is 31.0 Å². The third kappa shape index (κ3) is 5.93. The average molecular weight is 482 g/mol. The topological polar surface area (TPSA) is 81.1 Å². The third-order valence-electron chi connectivity index (χ3n) is 4.06. The fourth-order valence-corrected chi connectivity index (χ4v) is 3.06. The van der Waals surface area contributed by atoms with Gasteiger partial charge in [-0.25, -0.2) is 4.79 Å². The lowest BCUT2D eigenvalue weighted by molar-refractivity contribution is -0.556. The van der Waals surface area contributed by atoms with Crippen molar-refractivity contribution >= 4 is 27.8 Å². The van der Waals surface area contributed by atoms with Gasteiger partial charge < -0.3 is 10.5 Å². The van der Waals surface area contributed by atoms with Crippen LogP contribution in [0.25, 0.3) is 11.1 Å². The average Bonchev–Trinajstić information content (AvgIpc) is 2.68. The number of amides is 1. The molecule has 0 fully saturated rings. The maximum Gasteiger partial charge on any atom is 0.573 e. The molecule has 156 valence electrons. The van der Waals surface area contributed by atoms with E-state index in [1.54, 1.807) is 18.3 Å². The minimum Gasteiger partial charge on any atom is -0.406 e. The van der Waals surface area contributed by atoms with Crippen LogP contribution in [0.3, 0.4) is 0 Å². The second-order valence-electron chi connectivity index (χ2n) is 6.23. The summed E-state index contributed by atoms with van der Waals surface area (Å²) >= 11 is 3.37. The molecule has 2 aromatic heterocycles. The highest BCUT2D eigenvalue weighted by molar-refractivity contribution is 9.10. The Morgan fingerprint density at radius 1 is 1.13 bits per heavy atom. The van der Waals surface area contributed by atoms with E-state index in [4.69, 9.17) is 5.73 Å². The van der Waals surface area contributed by atoms with Gasteiger partial charge in [0.05, 0.1) is 12.7 Å². The van der Waals surface area contributed by atoms with Crippen molar-refractivity contribution in [3.63, 3.8) is 0 Å². The Balaban J connectivity index is 1.69. The number of carbonyl (C=O) groups excluding carboxylic acids is 1. The quantitative estimate of drug-likeness (QED) is 0.538. The minimum absolute atomic E-state index is 0.217. The number of carbonyl (C=O) groups is 1. The van der Waals surface area contributed by atoms with Crippen molar-refractivity contribution < 1.29 is 27.3 Å². The number of hydrogen-bond donors (Lipinski definition) is 2. The van der Waals surface area contributed by atoms with Gasteiger partial charge in [0.25, 0.3) is 0 Å². The molecule has 0 aliphatic carbocycles. The number of nitrogens with zero attached hydrogens (tertiary/aromatic N) is 2. The molecule has 6 nitrogen and oxygen atoms in total. The Morgan fingerprint density at radius 2 is 1.83 bits per heavy atom. The minimum atomic E-state index is -4.75. The molecule has 2 heterocycles. The summed E-state index contributed by atoms with van der Waals surface area (Å²) in [5.74, 6) is -0.109. The summed E-state index contributed by atoms with van der Waals surface area (Å²) in [6, 6.07) is 11.8. The second kappa shape index (κ2) is 9.12. The smallest absolute Gasteiger partial charge is 0.406 e. The highest BCUT2D eigenvalue weighted by atomic mass is 79.9. The van der Waals surface area contributed by atoms with E-state index in [9.17, 15) is 18.0 Å². The number of nitrogens with two attached hydrogens (primary N) is 1. The van der Waals surface area contributed by atoms with Crippen LogP contribution in [0.1, 0.15) is 5.69 Å². The Morgan fingerprint density at radius 3 is 2.50 bits per heavy atom. The van der Waals surface area contributed by atoms with Crippen LogP contribution in [0.4, 0.5) is 23.8 Å². The third-order valence-corrected chi connectivity index (χ3v) is 4.55. The summed E-state index contributed by atoms with van der Waals surface area (Å²) in [6.45, 7) is 0.350. The predicted octanol–water partition coefficient (Wildman–Crippen LogP) is 4.08. The first-order valence-electron chi connectivity index (χ1n) is 8.77. The maximum absolute atomic E-state index is 12.5. The lowest BCUT2D eigenvalue weighted by atomic mass is 10.1. The van der Waals surface area contributed by atoms with Crippen molar-refractivity contribution in [3.05, 3.63) is 71.1 Å². The first-order chi connectivity index (χ1) is 14.2. The summed E-state index contributed by atoms with van der Waals surface area (Å²) in [7, 11) is 0. The molecule has 0 saturated carbocycles. The molecule has 30 heavy (non-hydrogen) atoms. The van der Waals surface area contributed by atoms with Crippen LogP contribution in [-0.2, 0) is 6.42 Å². The summed E-state index contributed by atoms with van der Waals surface area (Å²) in [6.07, 6.45) is -1.04. The number of hydrogen-bond acceptors (Lipinski definition) is 4. The number of nitrogen functional groups attached to an aromatic ring is 1. The van der Waals surface area contributed by atoms with Crippen molar-refractivity contribution in [2.24, 2.45) is 0 Å². The molecule has 0 aliphatic heterocycles. The van der Waals surface area contributed by atoms with E-state index in [1.165, 1.54) is 35.0 Å². The molecule has 0 atom stereocenters. The molecule has 10 heteroatoms. The van der Waals surface area contributed by atoms with Crippen molar-refractivity contribution in [1.82, 2.24) is 10.3 Å². The highest BCUT2D eigenvalue weighted by Gasteiger charge is 2.31. The fraction of sp³-hybridized carbons (Fsp3) is 0.150. The van der Waals surface area contributed by atoms with Crippen molar-refractivity contribution in [2.45, 2.75) is 12.8 Å². The van der Waals surface area contributed by atoms with Gasteiger partial charge >= 0.3 is 12.4 Å². The molecule has 0 radical (unpaired) electrons. The Kier molecular flexibility index (Phi) is 6.56. The zero-order valence-electron chi connectivity index (χ0n) is 15.5. The van der Waals surface area contributed by atoms with Crippen LogP contribution in [-0.4, -0.2) is 23.9 Å². The summed E-state index contributed by atoms with van der Waals surface area (Å²) in [4.78, 5) is 16.7. The van der Waals surface area contributed by atoms with Gasteiger partial charge in [-0.2, -0.15) is 4.57 Å². The Bertz CT molecular complexity index is 1040. The monoisotopic (exact) mass is 481 g/mol. The summed E-state index contributed by atoms with van der Waals surface area (Å²) < 4.78 is 42.9. The van der Waals surface area contributed by atoms with Gasteiger partial charge in [0.1, 0.15) is 5.75 Å². The Labute approximate surface area is 178 Å². The first kappa shape index (κ1) is 21.6. The van der Waals surface area contributed by atoms with Crippen LogP contribution >= 0.6 is 15.9 Å². The van der Waals surface area contributed by atoms with Crippen LogP contribution < -0.4 is 20.4 Å². The van der Waals surface area contributed by atoms with E-state index < -0.39 is 12.4 Å². The lowest BCUT2D eigenvalue weighted by Crippen LogP contribution is -2.52. The number of anilines is 1. The number of halogens is 4. The van der Waals surface area contributed by atoms with E-state index in [0.29, 0.717) is 24.1 Å². The van der Waals surface area contributed by atoms with Crippen LogP contribution in [0.5, 0.6) is 5.75 Å². The van der Waals surface area contributed by atoms with Gasteiger partial charge in [-0.05, 0) is 35.9 Å². The molecule has 0 bridgehead atoms. The van der Waals surface area contributed by atoms with Crippen LogP contribution in [0, 0.1) is 0 Å². The molecule has 3 rings (SSSR count). The van der Waals surface area contributed by atoms with E-state index >= 15 is 0 Å². The Hall–Kier alpha value is -3.14. The van der Waals surface area contributed by atoms with Crippen molar-refractivity contribution in [3.8, 4) is 16.9 Å². The van der Waals surface area contributed by atoms with Gasteiger partial charge in [-0.15, -0.1) is 13.2 Å². The predicted molar refractivity (Wildman–Crippen MR) is 108 cm³/mol. The van der Waals surface area contributed by atoms with E-state index in [0.717, 1.165) is 10.2 Å². The summed E-state index contributed by atoms with van der Waals surface area (Å²) in [5.41, 5.74) is 7.93. The number of alkyl halides is 3. The molecule has 0 unspecified atom stereocenters. The fourth-order valence-electron chi connectivity index (χ4n) is 2.68. The number of pyridine rings is 2. The van der Waals surface area contributed by atoms with Crippen LogP contribution in [0.2, 0.25) is 0 Å². The molecule has 1 aromatic carbocycles. The maximum atomic E-state index is 12.5. The molecular weight excluding hydrogens is 465 g/mol. The molecule has 3 aromatic rings. The van der Waals surface area contributed by atoms with Gasteiger partial charge in [0, 0.05) is 34.4 Å². The molecule has 0 aliphatic rings. The van der Waals surface area contributed by atoms with Crippen molar-refractivity contribution in [1.29, 1.82) is 0 Å². The van der Waals surface area contributed by atoms with Crippen molar-refractivity contribution in [2.75, 3.05) is 12.3 Å². The first-order valence-corrected chi connectivity index (χ1v) is 9.56.